The molecule has 0 atom stereocenters. The highest BCUT2D eigenvalue weighted by atomic mass is 15.3. The highest BCUT2D eigenvalue weighted by molar-refractivity contribution is 4.64. The predicted octanol–water partition coefficient (Wildman–Crippen LogP) is -0.625. The molecule has 0 aliphatic carbocycles. The van der Waals surface area contributed by atoms with E-state index in [4.69, 9.17) is 0 Å². The van der Waals surface area contributed by atoms with Crippen molar-refractivity contribution < 1.29 is 0 Å². The number of nitrogens with zero attached hydrogens (tertiary/aromatic N) is 4. The van der Waals surface area contributed by atoms with Crippen LogP contribution in [0.15, 0.2) is 0 Å². The maximum Gasteiger partial charge on any atom is 0.244 e. The Kier molecular flexibility index (Phi) is 0.934. The second-order valence-electron chi connectivity index (χ2n) is 1.05. The van der Waals surface area contributed by atoms with Crippen molar-refractivity contribution in [2.75, 3.05) is 0 Å². The van der Waals surface area contributed by atoms with Crippen LogP contribution in [-0.4, -0.2) is 20.4 Å². The molecule has 0 spiro atoms. The Labute approximate surface area is 40.6 Å². The van der Waals surface area contributed by atoms with Gasteiger partial charge in [-0.1, -0.05) is 0 Å². The maximum absolute atomic E-state index is 3.50. The summed E-state index contributed by atoms with van der Waals surface area (Å²) >= 11 is 0. The quantitative estimate of drug-likeness (QED) is 0.430. The number of hydrogen-bond donors (Lipinski definition) is 0. The molecule has 0 N–H and O–H groups in total. The fraction of sp³-hybridized carbons (Fsp3) is 0.333. The van der Waals surface area contributed by atoms with Gasteiger partial charge in [-0.25, -0.2) is 0 Å². The van der Waals surface area contributed by atoms with Gasteiger partial charge in [0.25, 0.3) is 0 Å². The fourth-order valence-corrected chi connectivity index (χ4v) is 0.229. The largest absolute Gasteiger partial charge is 0.244 e. The van der Waals surface area contributed by atoms with Gasteiger partial charge < -0.3 is 0 Å². The molecule has 4 heteroatoms. The Hall–Kier alpha value is -1.06. The standard InChI is InChI=1S/C3H3N4/c1-3-6-4-2-5-7-3/h1H3. The predicted molar refractivity (Wildman–Crippen MR) is 21.2 cm³/mol. The minimum atomic E-state index is 0.568. The van der Waals surface area contributed by atoms with Gasteiger partial charge in [0.05, 0.1) is 0 Å². The summed E-state index contributed by atoms with van der Waals surface area (Å²) in [6.07, 6.45) is 2.21. The minimum absolute atomic E-state index is 0.568. The smallest absolute Gasteiger partial charge is 0.131 e. The first-order valence-electron chi connectivity index (χ1n) is 1.79. The van der Waals surface area contributed by atoms with Crippen molar-refractivity contribution in [3.63, 3.8) is 0 Å². The van der Waals surface area contributed by atoms with E-state index in [1.54, 1.807) is 6.92 Å². The van der Waals surface area contributed by atoms with Crippen LogP contribution < -0.4 is 0 Å². The summed E-state index contributed by atoms with van der Waals surface area (Å²) in [7, 11) is 0. The zero-order valence-electron chi connectivity index (χ0n) is 3.79. The van der Waals surface area contributed by atoms with Crippen molar-refractivity contribution >= 4 is 0 Å². The lowest BCUT2D eigenvalue weighted by Gasteiger charge is -1.77. The molecular formula is C3H3N4. The van der Waals surface area contributed by atoms with Gasteiger partial charge in [0.2, 0.25) is 6.33 Å². The van der Waals surface area contributed by atoms with Gasteiger partial charge >= 0.3 is 0 Å². The summed E-state index contributed by atoms with van der Waals surface area (Å²) < 4.78 is 0. The summed E-state index contributed by atoms with van der Waals surface area (Å²) in [5.74, 6) is 0.568. The normalized spacial score (nSPS) is 8.71. The highest BCUT2D eigenvalue weighted by Gasteiger charge is 1.78. The summed E-state index contributed by atoms with van der Waals surface area (Å²) in [4.78, 5) is 0. The van der Waals surface area contributed by atoms with E-state index in [1.165, 1.54) is 0 Å². The van der Waals surface area contributed by atoms with E-state index in [2.05, 4.69) is 26.7 Å². The molecule has 1 aromatic rings. The van der Waals surface area contributed by atoms with Gasteiger partial charge in [-0.3, -0.25) is 0 Å². The van der Waals surface area contributed by atoms with E-state index in [9.17, 15) is 0 Å². The Bertz CT molecular complexity index is 137. The summed E-state index contributed by atoms with van der Waals surface area (Å²) in [5.41, 5.74) is 0. The van der Waals surface area contributed by atoms with Crippen LogP contribution in [0.4, 0.5) is 0 Å². The molecule has 0 saturated carbocycles. The van der Waals surface area contributed by atoms with Gasteiger partial charge in [-0.2, -0.15) is 0 Å². The molecule has 0 aromatic carbocycles. The number of aryl methyl sites for hydroxylation is 1. The van der Waals surface area contributed by atoms with E-state index in [-0.39, 0.29) is 0 Å². The van der Waals surface area contributed by atoms with E-state index < -0.39 is 0 Å². The molecule has 0 fully saturated rings. The summed E-state index contributed by atoms with van der Waals surface area (Å²) in [6, 6.07) is 0. The van der Waals surface area contributed by atoms with Gasteiger partial charge in [-0.15, -0.1) is 20.4 Å². The summed E-state index contributed by atoms with van der Waals surface area (Å²) in [5, 5.41) is 13.7. The van der Waals surface area contributed by atoms with Crippen molar-refractivity contribution in [1.29, 1.82) is 0 Å². The summed E-state index contributed by atoms with van der Waals surface area (Å²) in [6.45, 7) is 1.72. The molecule has 0 bridgehead atoms. The van der Waals surface area contributed by atoms with Gasteiger partial charge in [0, 0.05) is 0 Å². The molecule has 1 heterocycles. The van der Waals surface area contributed by atoms with Crippen molar-refractivity contribution in [2.45, 2.75) is 6.92 Å². The highest BCUT2D eigenvalue weighted by Crippen LogP contribution is 1.69. The Balaban J connectivity index is 3.02. The van der Waals surface area contributed by atoms with E-state index in [0.29, 0.717) is 5.82 Å². The van der Waals surface area contributed by atoms with Crippen molar-refractivity contribution in [1.82, 2.24) is 20.4 Å². The average Bonchev–Trinajstić information content (AvgIpc) is 1.69. The van der Waals surface area contributed by atoms with Crippen LogP contribution in [0, 0.1) is 13.3 Å². The van der Waals surface area contributed by atoms with E-state index in [0.717, 1.165) is 0 Å². The van der Waals surface area contributed by atoms with Crippen LogP contribution in [0.1, 0.15) is 5.82 Å². The second kappa shape index (κ2) is 1.59. The number of hydrogen-bond acceptors (Lipinski definition) is 4. The monoisotopic (exact) mass is 95.0 g/mol. The lowest BCUT2D eigenvalue weighted by molar-refractivity contribution is 0.797. The molecule has 4 nitrogen and oxygen atoms in total. The molecule has 0 unspecified atom stereocenters. The lowest BCUT2D eigenvalue weighted by atomic mass is 10.8. The van der Waals surface area contributed by atoms with Crippen LogP contribution >= 0.6 is 0 Å². The maximum atomic E-state index is 3.50. The molecule has 0 aliphatic heterocycles. The van der Waals surface area contributed by atoms with Crippen LogP contribution in [0.5, 0.6) is 0 Å². The van der Waals surface area contributed by atoms with Crippen LogP contribution in [0.2, 0.25) is 0 Å². The van der Waals surface area contributed by atoms with Crippen LogP contribution in [-0.2, 0) is 0 Å². The number of rotatable bonds is 0. The lowest BCUT2D eigenvalue weighted by Crippen LogP contribution is -1.91. The van der Waals surface area contributed by atoms with Crippen molar-refractivity contribution in [3.05, 3.63) is 12.2 Å². The van der Waals surface area contributed by atoms with E-state index >= 15 is 0 Å². The van der Waals surface area contributed by atoms with Crippen LogP contribution in [0.3, 0.4) is 0 Å². The second-order valence-corrected chi connectivity index (χ2v) is 1.05. The SMILES string of the molecule is Cc1nn[c]nn1. The first-order chi connectivity index (χ1) is 3.39. The molecular weight excluding hydrogens is 92.1 g/mol. The molecule has 1 rings (SSSR count). The fourth-order valence-electron chi connectivity index (χ4n) is 0.229. The average molecular weight is 95.1 g/mol. The topological polar surface area (TPSA) is 51.6 Å². The van der Waals surface area contributed by atoms with Crippen molar-refractivity contribution in [2.24, 2.45) is 0 Å². The third kappa shape index (κ3) is 0.887. The van der Waals surface area contributed by atoms with Gasteiger partial charge in [-0.05, 0) is 6.92 Å². The zero-order chi connectivity index (χ0) is 5.11. The van der Waals surface area contributed by atoms with Crippen molar-refractivity contribution in [3.8, 4) is 0 Å². The first kappa shape index (κ1) is 4.11. The van der Waals surface area contributed by atoms with Crippen LogP contribution in [0.25, 0.3) is 0 Å². The van der Waals surface area contributed by atoms with Gasteiger partial charge in [0.15, 0.2) is 5.82 Å². The minimum Gasteiger partial charge on any atom is -0.131 e. The molecule has 7 heavy (non-hydrogen) atoms. The molecule has 0 amide bonds. The molecule has 1 aromatic heterocycles. The number of aromatic nitrogens is 4. The third-order valence-corrected chi connectivity index (χ3v) is 0.479. The van der Waals surface area contributed by atoms with E-state index in [1.807, 2.05) is 0 Å². The third-order valence-electron chi connectivity index (χ3n) is 0.479. The first-order valence-corrected chi connectivity index (χ1v) is 1.79. The Morgan fingerprint density at radius 2 is 1.86 bits per heavy atom. The Morgan fingerprint density at radius 3 is 2.14 bits per heavy atom. The molecule has 1 radical (unpaired) electrons. The zero-order valence-corrected chi connectivity index (χ0v) is 3.79. The molecule has 0 aliphatic rings. The molecule has 0 saturated heterocycles. The molecule has 35 valence electrons. The Morgan fingerprint density at radius 1 is 1.29 bits per heavy atom. The van der Waals surface area contributed by atoms with Gasteiger partial charge in [0.1, 0.15) is 0 Å².